The largest absolute Gasteiger partial charge is 0.508 e. The highest BCUT2D eigenvalue weighted by Crippen LogP contribution is 2.42. The van der Waals surface area contributed by atoms with Crippen molar-refractivity contribution in [2.45, 2.75) is 0 Å². The minimum absolute atomic E-state index is 0.00730. The van der Waals surface area contributed by atoms with Gasteiger partial charge in [0.1, 0.15) is 17.1 Å². The van der Waals surface area contributed by atoms with Crippen molar-refractivity contribution in [3.63, 3.8) is 0 Å². The number of benzene rings is 3. The third kappa shape index (κ3) is 4.64. The van der Waals surface area contributed by atoms with Gasteiger partial charge in [-0.3, -0.25) is 4.79 Å². The number of carbonyl (C=O) groups is 1. The van der Waals surface area contributed by atoms with E-state index in [2.05, 4.69) is 16.0 Å². The van der Waals surface area contributed by atoms with Gasteiger partial charge in [-0.05, 0) is 61.2 Å². The molecule has 0 spiro atoms. The fraction of sp³-hybridized carbons (Fsp3) is 0.125. The summed E-state index contributed by atoms with van der Waals surface area (Å²) in [5.41, 5.74) is 2.27. The third-order valence-electron chi connectivity index (χ3n) is 5.11. The van der Waals surface area contributed by atoms with Crippen molar-refractivity contribution in [2.75, 3.05) is 25.5 Å². The summed E-state index contributed by atoms with van der Waals surface area (Å²) in [6.45, 7) is 1.34. The first-order valence-electron chi connectivity index (χ1n) is 10.1. The quantitative estimate of drug-likeness (QED) is 0.166. The van der Waals surface area contributed by atoms with Crippen LogP contribution >= 0.6 is 12.2 Å². The highest BCUT2D eigenvalue weighted by atomic mass is 32.1. The molecule has 0 radical (unpaired) electrons. The predicted octanol–water partition coefficient (Wildman–Crippen LogP) is 3.47. The van der Waals surface area contributed by atoms with Crippen LogP contribution in [0.2, 0.25) is 0 Å². The fourth-order valence-electron chi connectivity index (χ4n) is 3.64. The maximum atomic E-state index is 12.2. The molecule has 2 aliphatic rings. The molecule has 9 heteroatoms. The van der Waals surface area contributed by atoms with Crippen molar-refractivity contribution >= 4 is 40.0 Å². The number of aromatic hydroxyl groups is 1. The summed E-state index contributed by atoms with van der Waals surface area (Å²) in [5.74, 6) is -0.833. The molecule has 1 heterocycles. The number of hydrogen-bond acceptors (Lipinski definition) is 6. The molecule has 4 rings (SSSR count). The summed E-state index contributed by atoms with van der Waals surface area (Å²) in [6, 6.07) is 13.9. The molecule has 0 saturated heterocycles. The Labute approximate surface area is 194 Å². The SMILES string of the molecule is CNCCNC(=S)Nc1ccc(-c2c3ccc(=O)cc-3oc3cc(O)ccc23)c(C(=O)O)c1. The lowest BCUT2D eigenvalue weighted by molar-refractivity contribution is 0.0698. The Morgan fingerprint density at radius 3 is 2.58 bits per heavy atom. The van der Waals surface area contributed by atoms with E-state index in [0.29, 0.717) is 50.8 Å². The second-order valence-electron chi connectivity index (χ2n) is 7.37. The molecule has 5 N–H and O–H groups in total. The number of fused-ring (bicyclic) bond motifs is 2. The summed E-state index contributed by atoms with van der Waals surface area (Å²) >= 11 is 5.27. The number of rotatable bonds is 6. The molecule has 0 saturated carbocycles. The molecule has 0 bridgehead atoms. The molecule has 33 heavy (non-hydrogen) atoms. The summed E-state index contributed by atoms with van der Waals surface area (Å²) < 4.78 is 5.84. The van der Waals surface area contributed by atoms with Gasteiger partial charge < -0.3 is 30.6 Å². The van der Waals surface area contributed by atoms with Gasteiger partial charge >= 0.3 is 5.97 Å². The second-order valence-corrected chi connectivity index (χ2v) is 7.77. The maximum absolute atomic E-state index is 12.2. The van der Waals surface area contributed by atoms with E-state index in [1.165, 1.54) is 30.3 Å². The van der Waals surface area contributed by atoms with Crippen LogP contribution in [0, 0.1) is 0 Å². The van der Waals surface area contributed by atoms with Crippen LogP contribution in [0.4, 0.5) is 5.69 Å². The number of carboxylic acid groups (broad SMARTS) is 1. The number of hydrogen-bond donors (Lipinski definition) is 5. The van der Waals surface area contributed by atoms with Crippen molar-refractivity contribution in [3.05, 3.63) is 70.4 Å². The molecule has 8 nitrogen and oxygen atoms in total. The maximum Gasteiger partial charge on any atom is 0.336 e. The molecule has 0 fully saturated rings. The van der Waals surface area contributed by atoms with Crippen molar-refractivity contribution < 1.29 is 19.4 Å². The van der Waals surface area contributed by atoms with Gasteiger partial charge in [-0.25, -0.2) is 4.79 Å². The number of nitrogens with one attached hydrogen (secondary N) is 3. The van der Waals surface area contributed by atoms with E-state index in [-0.39, 0.29) is 16.7 Å². The van der Waals surface area contributed by atoms with Gasteiger partial charge in [0.05, 0.1) is 5.56 Å². The Bertz CT molecular complexity index is 1400. The number of phenolic OH excluding ortho intramolecular Hbond substituents is 1. The minimum atomic E-state index is -1.12. The highest BCUT2D eigenvalue weighted by molar-refractivity contribution is 7.80. The minimum Gasteiger partial charge on any atom is -0.508 e. The molecule has 2 aromatic carbocycles. The smallest absolute Gasteiger partial charge is 0.336 e. The number of phenols is 1. The number of thiocarbonyl (C=S) groups is 1. The van der Waals surface area contributed by atoms with Crippen LogP contribution in [0.15, 0.2) is 63.8 Å². The van der Waals surface area contributed by atoms with Crippen molar-refractivity contribution in [1.29, 1.82) is 0 Å². The molecule has 1 aliphatic carbocycles. The number of likely N-dealkylation sites (N-methyl/N-ethyl adjacent to an activating group) is 1. The number of carboxylic acids is 1. The van der Waals surface area contributed by atoms with Crippen LogP contribution in [0.25, 0.3) is 33.4 Å². The van der Waals surface area contributed by atoms with Crippen LogP contribution in [0.5, 0.6) is 5.75 Å². The molecule has 0 aromatic heterocycles. The van der Waals surface area contributed by atoms with E-state index in [0.717, 1.165) is 6.54 Å². The van der Waals surface area contributed by atoms with Gasteiger partial charge in [-0.15, -0.1) is 0 Å². The molecule has 2 aromatic rings. The zero-order chi connectivity index (χ0) is 23.5. The van der Waals surface area contributed by atoms with Crippen molar-refractivity contribution in [3.8, 4) is 28.2 Å². The Balaban J connectivity index is 1.87. The number of aromatic carboxylic acids is 1. The Morgan fingerprint density at radius 2 is 1.82 bits per heavy atom. The van der Waals surface area contributed by atoms with Gasteiger partial charge in [-0.2, -0.15) is 0 Å². The van der Waals surface area contributed by atoms with E-state index in [9.17, 15) is 19.8 Å². The van der Waals surface area contributed by atoms with Gasteiger partial charge in [-0.1, -0.05) is 6.07 Å². The lowest BCUT2D eigenvalue weighted by atomic mass is 9.90. The molecule has 168 valence electrons. The molecule has 0 unspecified atom stereocenters. The Kier molecular flexibility index (Phi) is 6.25. The van der Waals surface area contributed by atoms with E-state index in [4.69, 9.17) is 16.6 Å². The summed E-state index contributed by atoms with van der Waals surface area (Å²) in [5, 5.41) is 29.9. The predicted molar refractivity (Wildman–Crippen MR) is 131 cm³/mol. The van der Waals surface area contributed by atoms with Crippen LogP contribution < -0.4 is 21.4 Å². The van der Waals surface area contributed by atoms with E-state index in [1.807, 2.05) is 7.05 Å². The molecular weight excluding hydrogens is 442 g/mol. The molecular formula is C24H21N3O5S. The molecule has 0 amide bonds. The average Bonchev–Trinajstić information content (AvgIpc) is 2.77. The fourth-order valence-corrected chi connectivity index (χ4v) is 3.86. The highest BCUT2D eigenvalue weighted by Gasteiger charge is 2.22. The lowest BCUT2D eigenvalue weighted by Crippen LogP contribution is -2.33. The van der Waals surface area contributed by atoms with Crippen LogP contribution in [-0.2, 0) is 0 Å². The van der Waals surface area contributed by atoms with Crippen LogP contribution in [0.1, 0.15) is 10.4 Å². The van der Waals surface area contributed by atoms with Crippen LogP contribution in [0.3, 0.4) is 0 Å². The zero-order valence-corrected chi connectivity index (χ0v) is 18.5. The summed E-state index contributed by atoms with van der Waals surface area (Å²) in [6.07, 6.45) is 0. The van der Waals surface area contributed by atoms with E-state index in [1.54, 1.807) is 24.3 Å². The Hall–Kier alpha value is -3.95. The first-order chi connectivity index (χ1) is 15.9. The first-order valence-corrected chi connectivity index (χ1v) is 10.5. The van der Waals surface area contributed by atoms with Gasteiger partial charge in [0, 0.05) is 47.4 Å². The zero-order valence-electron chi connectivity index (χ0n) is 17.6. The third-order valence-corrected chi connectivity index (χ3v) is 5.36. The summed E-state index contributed by atoms with van der Waals surface area (Å²) in [7, 11) is 1.83. The Morgan fingerprint density at radius 1 is 1.03 bits per heavy atom. The van der Waals surface area contributed by atoms with Crippen molar-refractivity contribution in [1.82, 2.24) is 10.6 Å². The van der Waals surface area contributed by atoms with Gasteiger partial charge in [0.15, 0.2) is 10.5 Å². The monoisotopic (exact) mass is 463 g/mol. The van der Waals surface area contributed by atoms with Gasteiger partial charge in [0.25, 0.3) is 0 Å². The summed E-state index contributed by atoms with van der Waals surface area (Å²) in [4.78, 5) is 24.1. The van der Waals surface area contributed by atoms with E-state index < -0.39 is 5.97 Å². The van der Waals surface area contributed by atoms with Gasteiger partial charge in [0.2, 0.25) is 0 Å². The normalized spacial score (nSPS) is 10.9. The topological polar surface area (TPSA) is 124 Å². The lowest BCUT2D eigenvalue weighted by Gasteiger charge is -2.18. The second kappa shape index (κ2) is 9.27. The average molecular weight is 464 g/mol. The molecule has 1 aliphatic heterocycles. The first kappa shape index (κ1) is 22.3. The standard InChI is InChI=1S/C24H21N3O5S/c1-25-8-9-26-24(33)27-13-2-5-16(19(10-13)23(30)31)22-17-6-3-14(28)11-20(17)32-21-12-15(29)4-7-18(21)22/h2-7,10-12,25,28H,8-9H2,1H3,(H,30,31)(H2,26,27,33). The van der Waals surface area contributed by atoms with Crippen LogP contribution in [-0.4, -0.2) is 41.4 Å². The van der Waals surface area contributed by atoms with Crippen molar-refractivity contribution in [2.24, 2.45) is 0 Å². The van der Waals surface area contributed by atoms with E-state index >= 15 is 0 Å². The number of anilines is 1. The molecule has 0 atom stereocenters.